The summed E-state index contributed by atoms with van der Waals surface area (Å²) in [4.78, 5) is 29.3. The number of carbonyl (C=O) groups excluding carboxylic acids is 1. The summed E-state index contributed by atoms with van der Waals surface area (Å²) in [5, 5.41) is 39.2. The Balaban J connectivity index is 1.46. The van der Waals surface area contributed by atoms with E-state index in [2.05, 4.69) is 18.0 Å². The molecule has 1 saturated heterocycles. The van der Waals surface area contributed by atoms with Gasteiger partial charge in [0, 0.05) is 62.8 Å². The van der Waals surface area contributed by atoms with Crippen molar-refractivity contribution in [3.63, 3.8) is 0 Å². The number of fused-ring (bicyclic) bond motifs is 2. The molecular weight excluding hydrogens is 869 g/mol. The third-order valence-electron chi connectivity index (χ3n) is 12.9. The summed E-state index contributed by atoms with van der Waals surface area (Å²) in [6.45, 7) is 7.96. The zero-order valence-electron chi connectivity index (χ0n) is 37.7. The molecule has 2 fully saturated rings. The highest BCUT2D eigenvalue weighted by Gasteiger charge is 2.66. The number of carbonyl (C=O) groups is 1. The average molecular weight is 931 g/mol. The number of ether oxygens (including phenoxy) is 4. The number of amides is 1. The van der Waals surface area contributed by atoms with Gasteiger partial charge in [-0.1, -0.05) is 43.1 Å². The predicted octanol–water partition coefficient (Wildman–Crippen LogP) is 8.61. The molecule has 3 aromatic carbocycles. The molecule has 0 spiro atoms. The zero-order valence-corrected chi connectivity index (χ0v) is 38.5. The summed E-state index contributed by atoms with van der Waals surface area (Å²) >= 11 is 0. The van der Waals surface area contributed by atoms with E-state index in [-0.39, 0.29) is 66.9 Å². The molecule has 0 radical (unpaired) electrons. The van der Waals surface area contributed by atoms with Gasteiger partial charge in [-0.15, -0.1) is 6.58 Å². The van der Waals surface area contributed by atoms with E-state index >= 15 is 8.42 Å². The van der Waals surface area contributed by atoms with Crippen molar-refractivity contribution in [1.82, 2.24) is 4.31 Å². The molecule has 17 heteroatoms. The van der Waals surface area contributed by atoms with E-state index in [1.54, 1.807) is 42.5 Å². The summed E-state index contributed by atoms with van der Waals surface area (Å²) < 4.78 is 58.6. The van der Waals surface area contributed by atoms with Crippen LogP contribution in [0.15, 0.2) is 101 Å². The Hall–Kier alpha value is -5.17. The van der Waals surface area contributed by atoms with Gasteiger partial charge in [0.25, 0.3) is 5.69 Å². The van der Waals surface area contributed by atoms with Crippen LogP contribution in [0.25, 0.3) is 0 Å². The van der Waals surface area contributed by atoms with Crippen molar-refractivity contribution in [3.8, 4) is 17.2 Å². The Morgan fingerprint density at radius 1 is 1.05 bits per heavy atom. The number of hydrogen-bond donors (Lipinski definition) is 3. The Labute approximate surface area is 386 Å². The highest BCUT2D eigenvalue weighted by atomic mass is 32.2. The third kappa shape index (κ3) is 10.7. The Morgan fingerprint density at radius 2 is 1.80 bits per heavy atom. The molecule has 66 heavy (non-hydrogen) atoms. The summed E-state index contributed by atoms with van der Waals surface area (Å²) in [6.07, 6.45) is 10.2. The fourth-order valence-electron chi connectivity index (χ4n) is 10.1. The number of oxime groups is 1. The molecule has 16 nitrogen and oxygen atoms in total. The smallest absolute Gasteiger partial charge is 0.273 e. The van der Waals surface area contributed by atoms with Crippen LogP contribution in [-0.4, -0.2) is 90.6 Å². The number of nitro benzene ring substituents is 1. The molecule has 3 aromatic rings. The number of non-ortho nitro benzene ring substituents is 1. The van der Waals surface area contributed by atoms with Crippen LogP contribution >= 0.6 is 0 Å². The second kappa shape index (κ2) is 22.1. The van der Waals surface area contributed by atoms with E-state index in [9.17, 15) is 25.1 Å². The van der Waals surface area contributed by atoms with Crippen LogP contribution in [0.3, 0.4) is 0 Å². The minimum absolute atomic E-state index is 0.00966. The fourth-order valence-corrected chi connectivity index (χ4v) is 11.8. The number of anilines is 1. The third-order valence-corrected chi connectivity index (χ3v) is 14.8. The van der Waals surface area contributed by atoms with Crippen LogP contribution in [0.4, 0.5) is 11.4 Å². The first-order valence-corrected chi connectivity index (χ1v) is 24.6. The number of sulfonamides is 1. The van der Waals surface area contributed by atoms with Gasteiger partial charge in [0.05, 0.1) is 46.8 Å². The molecule has 4 aliphatic rings. The summed E-state index contributed by atoms with van der Waals surface area (Å²) in [5.74, 6) is -2.06. The highest BCUT2D eigenvalue weighted by Crippen LogP contribution is 2.62. The lowest BCUT2D eigenvalue weighted by molar-refractivity contribution is -0.384. The number of rotatable bonds is 22. The van der Waals surface area contributed by atoms with Gasteiger partial charge in [-0.25, -0.2) is 8.42 Å². The van der Waals surface area contributed by atoms with Gasteiger partial charge in [-0.2, -0.15) is 4.31 Å². The number of unbranched alkanes of at least 4 members (excludes halogenated alkanes) is 2. The average Bonchev–Trinajstić information content (AvgIpc) is 3.31. The standard InChI is InChI=1S/C49H62N4O12S/c1-4-24-52(66(59,60)39-21-18-35(19-22-39)50-33(3)56)45-32-43(51-65-46-17-8-11-28-61-46)41-29-34(13-6-9-25-54)40(16-7-10-26-55)47-42-31-38(63-37-15-12-14-36(30-37)53(57)58)20-23-44(42)64-49(45,48(41)47)62-27-5-2/h5,12,14-15,18-23,29-31,34,40,45-48,54-55H,2,4,6-11,13,16-17,24-28,32H2,1,3H3,(H,50,56)/t34-,40+,45-,46?,47+,48+,49+/m0/s1. The van der Waals surface area contributed by atoms with Crippen LogP contribution in [0.2, 0.25) is 0 Å². The molecule has 1 unspecified atom stereocenters. The molecule has 1 saturated carbocycles. The maximum Gasteiger partial charge on any atom is 0.273 e. The molecule has 0 aromatic heterocycles. The highest BCUT2D eigenvalue weighted by molar-refractivity contribution is 7.89. The summed E-state index contributed by atoms with van der Waals surface area (Å²) in [6, 6.07) is 16.4. The van der Waals surface area contributed by atoms with E-state index in [1.807, 2.05) is 13.0 Å². The minimum atomic E-state index is -4.31. The quantitative estimate of drug-likeness (QED) is 0.0375. The lowest BCUT2D eigenvalue weighted by atomic mass is 9.55. The van der Waals surface area contributed by atoms with Gasteiger partial charge in [-0.05, 0) is 111 Å². The van der Waals surface area contributed by atoms with Crippen molar-refractivity contribution in [2.24, 2.45) is 22.9 Å². The molecule has 7 atom stereocenters. The number of benzene rings is 3. The second-order valence-corrected chi connectivity index (χ2v) is 19.2. The van der Waals surface area contributed by atoms with E-state index in [1.165, 1.54) is 35.5 Å². The largest absolute Gasteiger partial charge is 0.460 e. The number of nitrogens with one attached hydrogen (secondary N) is 1. The summed E-state index contributed by atoms with van der Waals surface area (Å²) in [5.41, 5.74) is 2.45. The predicted molar refractivity (Wildman–Crippen MR) is 248 cm³/mol. The topological polar surface area (TPSA) is 209 Å². The lowest BCUT2D eigenvalue weighted by Gasteiger charge is -2.59. The van der Waals surface area contributed by atoms with Crippen molar-refractivity contribution in [2.45, 2.75) is 113 Å². The summed E-state index contributed by atoms with van der Waals surface area (Å²) in [7, 11) is -4.31. The maximum absolute atomic E-state index is 15.3. The zero-order chi connectivity index (χ0) is 46.8. The molecule has 7 rings (SSSR count). The van der Waals surface area contributed by atoms with Gasteiger partial charge in [-0.3, -0.25) is 14.9 Å². The molecule has 3 N–H and O–H groups in total. The first-order valence-electron chi connectivity index (χ1n) is 23.1. The molecular formula is C49H62N4O12S. The lowest BCUT2D eigenvalue weighted by Crippen LogP contribution is -2.70. The SMILES string of the molecule is C=CCO[C@@]12Oc3ccc(Oc4cccc([N+](=O)[O-])c4)cc3[C@H]3[C@H](CCCCO)[C@@H](CCCCO)C=C(C(=NOC4CCCCO4)C[C@@H]1N(CCC)S(=O)(=O)c1ccc(NC(C)=O)cc1)[C@H]32. The van der Waals surface area contributed by atoms with Crippen LogP contribution in [-0.2, 0) is 29.1 Å². The molecule has 2 aliphatic heterocycles. The maximum atomic E-state index is 15.3. The number of nitro groups is 1. The molecule has 0 bridgehead atoms. The van der Waals surface area contributed by atoms with E-state index in [0.29, 0.717) is 68.0 Å². The van der Waals surface area contributed by atoms with E-state index in [0.717, 1.165) is 36.8 Å². The van der Waals surface area contributed by atoms with Gasteiger partial charge in [0.1, 0.15) is 17.2 Å². The second-order valence-electron chi connectivity index (χ2n) is 17.4. The number of hydrogen-bond acceptors (Lipinski definition) is 13. The Morgan fingerprint density at radius 3 is 2.48 bits per heavy atom. The van der Waals surface area contributed by atoms with Crippen LogP contribution < -0.4 is 14.8 Å². The van der Waals surface area contributed by atoms with Gasteiger partial charge in [0.15, 0.2) is 0 Å². The molecule has 2 aliphatic carbocycles. The fraction of sp³-hybridized carbons (Fsp3) is 0.510. The van der Waals surface area contributed by atoms with Crippen molar-refractivity contribution in [1.29, 1.82) is 0 Å². The molecule has 2 heterocycles. The first-order chi connectivity index (χ1) is 31.9. The number of aliphatic hydroxyl groups excluding tert-OH is 2. The molecule has 356 valence electrons. The van der Waals surface area contributed by atoms with Crippen molar-refractivity contribution in [3.05, 3.63) is 107 Å². The monoisotopic (exact) mass is 930 g/mol. The minimum Gasteiger partial charge on any atom is -0.460 e. The van der Waals surface area contributed by atoms with Crippen LogP contribution in [0.1, 0.15) is 96.0 Å². The van der Waals surface area contributed by atoms with Crippen molar-refractivity contribution in [2.75, 3.05) is 38.3 Å². The Kier molecular flexibility index (Phi) is 16.3. The van der Waals surface area contributed by atoms with Gasteiger partial charge >= 0.3 is 0 Å². The van der Waals surface area contributed by atoms with E-state index in [4.69, 9.17) is 28.9 Å². The number of allylic oxidation sites excluding steroid dienone is 1. The normalized spacial score (nSPS) is 25.2. The Bertz CT molecular complexity index is 2350. The van der Waals surface area contributed by atoms with E-state index < -0.39 is 44.9 Å². The number of aliphatic hydroxyl groups is 2. The first kappa shape index (κ1) is 48.8. The number of nitrogens with zero attached hydrogens (tertiary/aromatic N) is 3. The van der Waals surface area contributed by atoms with Crippen molar-refractivity contribution >= 4 is 33.0 Å². The van der Waals surface area contributed by atoms with Crippen LogP contribution in [0, 0.1) is 27.9 Å². The van der Waals surface area contributed by atoms with Crippen molar-refractivity contribution < 1.29 is 52.1 Å². The van der Waals surface area contributed by atoms with Crippen LogP contribution in [0.5, 0.6) is 17.2 Å². The van der Waals surface area contributed by atoms with Gasteiger partial charge < -0.3 is 39.3 Å². The van der Waals surface area contributed by atoms with Gasteiger partial charge in [0.2, 0.25) is 28.0 Å². The molecule has 1 amide bonds.